The van der Waals surface area contributed by atoms with Crippen molar-refractivity contribution in [2.24, 2.45) is 0 Å². The zero-order chi connectivity index (χ0) is 15.4. The minimum atomic E-state index is -0.393. The number of nitrogens with one attached hydrogen (secondary N) is 1. The van der Waals surface area contributed by atoms with Crippen molar-refractivity contribution in [2.45, 2.75) is 11.8 Å². The van der Waals surface area contributed by atoms with Gasteiger partial charge in [0.1, 0.15) is 5.82 Å². The number of nitrogen functional groups attached to an aromatic ring is 1. The zero-order valence-corrected chi connectivity index (χ0v) is 12.9. The molecule has 0 radical (unpaired) electrons. The van der Waals surface area contributed by atoms with Gasteiger partial charge >= 0.3 is 0 Å². The van der Waals surface area contributed by atoms with Gasteiger partial charge in [-0.25, -0.2) is 4.39 Å². The minimum absolute atomic E-state index is 0.172. The van der Waals surface area contributed by atoms with Crippen LogP contribution in [0.2, 0.25) is 5.02 Å². The quantitative estimate of drug-likeness (QED) is 0.657. The molecule has 0 heterocycles. The number of amides is 1. The summed E-state index contributed by atoms with van der Waals surface area (Å²) in [6, 6.07) is 9.44. The lowest BCUT2D eigenvalue weighted by Crippen LogP contribution is -2.15. The number of rotatable bonds is 4. The monoisotopic (exact) mass is 324 g/mol. The Hall–Kier alpha value is -1.72. The van der Waals surface area contributed by atoms with Gasteiger partial charge in [0.05, 0.1) is 5.75 Å². The number of halogens is 2. The molecule has 0 aliphatic rings. The second-order valence-electron chi connectivity index (χ2n) is 4.43. The van der Waals surface area contributed by atoms with Gasteiger partial charge in [-0.05, 0) is 42.8 Å². The normalized spacial score (nSPS) is 10.4. The highest BCUT2D eigenvalue weighted by Gasteiger charge is 2.09. The van der Waals surface area contributed by atoms with E-state index in [0.29, 0.717) is 21.3 Å². The van der Waals surface area contributed by atoms with E-state index in [1.54, 1.807) is 24.3 Å². The molecule has 3 nitrogen and oxygen atoms in total. The summed E-state index contributed by atoms with van der Waals surface area (Å²) >= 11 is 7.25. The van der Waals surface area contributed by atoms with Crippen LogP contribution in [-0.4, -0.2) is 11.7 Å². The average Bonchev–Trinajstić information content (AvgIpc) is 2.43. The first kappa shape index (κ1) is 15.7. The van der Waals surface area contributed by atoms with Crippen LogP contribution in [0.5, 0.6) is 0 Å². The van der Waals surface area contributed by atoms with Crippen LogP contribution in [0.1, 0.15) is 5.56 Å². The predicted molar refractivity (Wildman–Crippen MR) is 86.4 cm³/mol. The molecule has 110 valence electrons. The number of hydrogen-bond acceptors (Lipinski definition) is 3. The molecule has 0 spiro atoms. The van der Waals surface area contributed by atoms with Crippen molar-refractivity contribution in [3.8, 4) is 0 Å². The van der Waals surface area contributed by atoms with Gasteiger partial charge in [-0.2, -0.15) is 0 Å². The lowest BCUT2D eigenvalue weighted by Gasteiger charge is -2.10. The number of carbonyl (C=O) groups excluding carboxylic acids is 1. The molecule has 6 heteroatoms. The van der Waals surface area contributed by atoms with Crippen molar-refractivity contribution >= 4 is 40.6 Å². The Kier molecular flexibility index (Phi) is 5.09. The summed E-state index contributed by atoms with van der Waals surface area (Å²) in [6.45, 7) is 1.84. The summed E-state index contributed by atoms with van der Waals surface area (Å²) in [7, 11) is 0. The van der Waals surface area contributed by atoms with Crippen LogP contribution in [0, 0.1) is 12.7 Å². The van der Waals surface area contributed by atoms with Gasteiger partial charge in [-0.3, -0.25) is 4.79 Å². The number of anilines is 2. The van der Waals surface area contributed by atoms with E-state index in [-0.39, 0.29) is 11.7 Å². The van der Waals surface area contributed by atoms with E-state index in [4.69, 9.17) is 17.3 Å². The third-order valence-corrected chi connectivity index (χ3v) is 4.37. The molecule has 0 bridgehead atoms. The van der Waals surface area contributed by atoms with Crippen molar-refractivity contribution in [1.29, 1.82) is 0 Å². The van der Waals surface area contributed by atoms with Gasteiger partial charge in [0.15, 0.2) is 0 Å². The maximum atomic E-state index is 12.9. The molecular weight excluding hydrogens is 311 g/mol. The van der Waals surface area contributed by atoms with Crippen LogP contribution in [0.25, 0.3) is 0 Å². The average molecular weight is 325 g/mol. The summed E-state index contributed by atoms with van der Waals surface area (Å²) < 4.78 is 12.9. The first-order valence-corrected chi connectivity index (χ1v) is 7.56. The van der Waals surface area contributed by atoms with E-state index in [1.165, 1.54) is 23.9 Å². The highest BCUT2D eigenvalue weighted by Crippen LogP contribution is 2.26. The van der Waals surface area contributed by atoms with Crippen molar-refractivity contribution in [1.82, 2.24) is 0 Å². The molecule has 0 fully saturated rings. The second-order valence-corrected chi connectivity index (χ2v) is 5.86. The lowest BCUT2D eigenvalue weighted by molar-refractivity contribution is -0.113. The fourth-order valence-electron chi connectivity index (χ4n) is 1.72. The number of carbonyl (C=O) groups is 1. The van der Waals surface area contributed by atoms with Crippen molar-refractivity contribution in [2.75, 3.05) is 16.8 Å². The van der Waals surface area contributed by atoms with Crippen LogP contribution in [0.15, 0.2) is 41.3 Å². The summed E-state index contributed by atoms with van der Waals surface area (Å²) in [5, 5.41) is 3.39. The summed E-state index contributed by atoms with van der Waals surface area (Å²) in [6.07, 6.45) is 0. The molecule has 21 heavy (non-hydrogen) atoms. The van der Waals surface area contributed by atoms with Crippen LogP contribution in [-0.2, 0) is 4.79 Å². The zero-order valence-electron chi connectivity index (χ0n) is 11.3. The SMILES string of the molecule is Cc1c(Cl)cccc1NC(=O)CSc1ccc(F)cc1N. The minimum Gasteiger partial charge on any atom is -0.398 e. The molecule has 2 aromatic rings. The van der Waals surface area contributed by atoms with Crippen LogP contribution in [0.4, 0.5) is 15.8 Å². The Labute approximate surface area is 131 Å². The lowest BCUT2D eigenvalue weighted by atomic mass is 10.2. The maximum Gasteiger partial charge on any atom is 0.234 e. The Morgan fingerprint density at radius 3 is 2.86 bits per heavy atom. The van der Waals surface area contributed by atoms with E-state index in [2.05, 4.69) is 5.32 Å². The number of nitrogens with two attached hydrogens (primary N) is 1. The fraction of sp³-hybridized carbons (Fsp3) is 0.133. The summed E-state index contributed by atoms with van der Waals surface area (Å²) in [5.74, 6) is -0.383. The van der Waals surface area contributed by atoms with Crippen LogP contribution in [0.3, 0.4) is 0 Å². The first-order valence-electron chi connectivity index (χ1n) is 6.20. The molecule has 2 rings (SSSR count). The fourth-order valence-corrected chi connectivity index (χ4v) is 2.65. The van der Waals surface area contributed by atoms with Gasteiger partial charge in [0.25, 0.3) is 0 Å². The predicted octanol–water partition coefficient (Wildman–Crippen LogP) is 4.10. The van der Waals surface area contributed by atoms with Crippen molar-refractivity contribution < 1.29 is 9.18 Å². The molecule has 3 N–H and O–H groups in total. The molecule has 1 amide bonds. The van der Waals surface area contributed by atoms with Crippen LogP contribution >= 0.6 is 23.4 Å². The molecule has 0 aliphatic carbocycles. The topological polar surface area (TPSA) is 55.1 Å². The van der Waals surface area contributed by atoms with Crippen molar-refractivity contribution in [3.05, 3.63) is 52.8 Å². The Morgan fingerprint density at radius 2 is 2.14 bits per heavy atom. The Balaban J connectivity index is 1.97. The van der Waals surface area contributed by atoms with E-state index in [9.17, 15) is 9.18 Å². The molecule has 0 aromatic heterocycles. The Morgan fingerprint density at radius 1 is 1.38 bits per heavy atom. The first-order chi connectivity index (χ1) is 9.97. The molecular formula is C15H14ClFN2OS. The third-order valence-electron chi connectivity index (χ3n) is 2.87. The van der Waals surface area contributed by atoms with E-state index in [0.717, 1.165) is 5.56 Å². The smallest absolute Gasteiger partial charge is 0.234 e. The number of benzene rings is 2. The van der Waals surface area contributed by atoms with Gasteiger partial charge in [-0.1, -0.05) is 17.7 Å². The van der Waals surface area contributed by atoms with Gasteiger partial charge in [0, 0.05) is 21.3 Å². The highest BCUT2D eigenvalue weighted by molar-refractivity contribution is 8.00. The molecule has 2 aromatic carbocycles. The molecule has 0 saturated heterocycles. The highest BCUT2D eigenvalue weighted by atomic mass is 35.5. The second kappa shape index (κ2) is 6.83. The molecule has 0 aliphatic heterocycles. The summed E-state index contributed by atoms with van der Waals surface area (Å²) in [4.78, 5) is 12.6. The standard InChI is InChI=1S/C15H14ClFN2OS/c1-9-11(16)3-2-4-13(9)19-15(20)8-21-14-6-5-10(17)7-12(14)18/h2-7H,8,18H2,1H3,(H,19,20). The molecule has 0 atom stereocenters. The van der Waals surface area contributed by atoms with Gasteiger partial charge in [0.2, 0.25) is 5.91 Å². The Bertz CT molecular complexity index is 679. The van der Waals surface area contributed by atoms with Gasteiger partial charge in [-0.15, -0.1) is 11.8 Å². The molecule has 0 saturated carbocycles. The van der Waals surface area contributed by atoms with Crippen molar-refractivity contribution in [3.63, 3.8) is 0 Å². The van der Waals surface area contributed by atoms with E-state index in [1.807, 2.05) is 6.92 Å². The van der Waals surface area contributed by atoms with Crippen LogP contribution < -0.4 is 11.1 Å². The number of hydrogen-bond donors (Lipinski definition) is 2. The van der Waals surface area contributed by atoms with Gasteiger partial charge < -0.3 is 11.1 Å². The largest absolute Gasteiger partial charge is 0.398 e. The maximum absolute atomic E-state index is 12.9. The number of thioether (sulfide) groups is 1. The van der Waals surface area contributed by atoms with E-state index >= 15 is 0 Å². The third kappa shape index (κ3) is 4.12. The van der Waals surface area contributed by atoms with E-state index < -0.39 is 5.82 Å². The summed E-state index contributed by atoms with van der Waals surface area (Å²) in [5.41, 5.74) is 7.52. The molecule has 0 unspecified atom stereocenters.